The monoisotopic (exact) mass is 273 g/mol. The fourth-order valence-corrected chi connectivity index (χ4v) is 1.75. The van der Waals surface area contributed by atoms with Gasteiger partial charge in [-0.05, 0) is 23.6 Å². The minimum atomic E-state index is -0.935. The molecule has 1 atom stereocenters. The van der Waals surface area contributed by atoms with E-state index >= 15 is 0 Å². The summed E-state index contributed by atoms with van der Waals surface area (Å²) in [7, 11) is 1.25. The molecular weight excluding hydrogens is 258 g/mol. The fraction of sp³-hybridized carbons (Fsp3) is 0.214. The molecule has 104 valence electrons. The van der Waals surface area contributed by atoms with Crippen LogP contribution in [0.1, 0.15) is 6.42 Å². The van der Waals surface area contributed by atoms with Gasteiger partial charge in [0.1, 0.15) is 0 Å². The van der Waals surface area contributed by atoms with Crippen molar-refractivity contribution in [1.29, 1.82) is 0 Å². The second kappa shape index (κ2) is 6.12. The molecule has 6 heteroatoms. The number of anilines is 1. The number of nitrogens with two attached hydrogens (primary N) is 1. The Morgan fingerprint density at radius 1 is 1.35 bits per heavy atom. The highest BCUT2D eigenvalue weighted by molar-refractivity contribution is 5.98. The number of hydrogen-bond acceptors (Lipinski definition) is 5. The van der Waals surface area contributed by atoms with E-state index in [1.807, 2.05) is 18.2 Å². The molecule has 6 nitrogen and oxygen atoms in total. The average Bonchev–Trinajstić information content (AvgIpc) is 2.46. The lowest BCUT2D eigenvalue weighted by molar-refractivity contribution is -0.142. The van der Waals surface area contributed by atoms with E-state index in [0.717, 1.165) is 10.8 Å². The molecule has 0 fully saturated rings. The Morgan fingerprint density at radius 2 is 2.15 bits per heavy atom. The number of carbonyl (C=O) groups is 2. The summed E-state index contributed by atoms with van der Waals surface area (Å²) >= 11 is 0. The van der Waals surface area contributed by atoms with E-state index in [2.05, 4.69) is 15.0 Å². The first-order valence-electron chi connectivity index (χ1n) is 6.07. The molecule has 3 N–H and O–H groups in total. The van der Waals surface area contributed by atoms with Gasteiger partial charge in [-0.15, -0.1) is 0 Å². The lowest BCUT2D eigenvalue weighted by atomic mass is 10.1. The van der Waals surface area contributed by atoms with Gasteiger partial charge < -0.3 is 15.8 Å². The van der Waals surface area contributed by atoms with Gasteiger partial charge in [-0.2, -0.15) is 0 Å². The van der Waals surface area contributed by atoms with Gasteiger partial charge in [0, 0.05) is 23.5 Å². The number of ether oxygens (including phenoxy) is 1. The Morgan fingerprint density at radius 3 is 2.90 bits per heavy atom. The van der Waals surface area contributed by atoms with Crippen molar-refractivity contribution < 1.29 is 14.3 Å². The molecule has 20 heavy (non-hydrogen) atoms. The average molecular weight is 273 g/mol. The SMILES string of the molecule is COC(=O)CC(N)C(=O)Nc1ccc2cnccc2c1. The van der Waals surface area contributed by atoms with Crippen LogP contribution in [0.3, 0.4) is 0 Å². The third kappa shape index (κ3) is 3.30. The van der Waals surface area contributed by atoms with Crippen LogP contribution in [0, 0.1) is 0 Å². The van der Waals surface area contributed by atoms with Crippen molar-refractivity contribution in [2.45, 2.75) is 12.5 Å². The van der Waals surface area contributed by atoms with Crippen LogP contribution >= 0.6 is 0 Å². The summed E-state index contributed by atoms with van der Waals surface area (Å²) in [5.74, 6) is -0.943. The molecule has 0 radical (unpaired) electrons. The highest BCUT2D eigenvalue weighted by Gasteiger charge is 2.18. The number of nitrogens with one attached hydrogen (secondary N) is 1. The number of rotatable bonds is 4. The number of pyridine rings is 1. The number of carbonyl (C=O) groups excluding carboxylic acids is 2. The molecule has 1 aromatic heterocycles. The van der Waals surface area contributed by atoms with Crippen molar-refractivity contribution in [2.24, 2.45) is 5.73 Å². The van der Waals surface area contributed by atoms with E-state index in [1.54, 1.807) is 18.5 Å². The maximum atomic E-state index is 11.8. The zero-order valence-electron chi connectivity index (χ0n) is 11.0. The molecule has 0 aliphatic heterocycles. The highest BCUT2D eigenvalue weighted by Crippen LogP contribution is 2.18. The zero-order chi connectivity index (χ0) is 14.5. The predicted molar refractivity (Wildman–Crippen MR) is 75.0 cm³/mol. The first kappa shape index (κ1) is 14.0. The normalized spacial score (nSPS) is 11.9. The van der Waals surface area contributed by atoms with E-state index in [-0.39, 0.29) is 6.42 Å². The van der Waals surface area contributed by atoms with Crippen LogP contribution in [0.4, 0.5) is 5.69 Å². The molecule has 1 amide bonds. The Labute approximate surface area is 115 Å². The lowest BCUT2D eigenvalue weighted by Crippen LogP contribution is -2.37. The topological polar surface area (TPSA) is 94.3 Å². The molecular formula is C14H15N3O3. The van der Waals surface area contributed by atoms with E-state index in [9.17, 15) is 9.59 Å². The summed E-state index contributed by atoms with van der Waals surface area (Å²) in [6.45, 7) is 0. The lowest BCUT2D eigenvalue weighted by Gasteiger charge is -2.11. The highest BCUT2D eigenvalue weighted by atomic mass is 16.5. The largest absolute Gasteiger partial charge is 0.469 e. The van der Waals surface area contributed by atoms with Crippen molar-refractivity contribution in [1.82, 2.24) is 4.98 Å². The summed E-state index contributed by atoms with van der Waals surface area (Å²) < 4.78 is 4.47. The smallest absolute Gasteiger partial charge is 0.307 e. The molecule has 1 unspecified atom stereocenters. The van der Waals surface area contributed by atoms with Gasteiger partial charge in [0.05, 0.1) is 19.6 Å². The van der Waals surface area contributed by atoms with E-state index in [1.165, 1.54) is 7.11 Å². The van der Waals surface area contributed by atoms with Gasteiger partial charge in [0.15, 0.2) is 0 Å². The van der Waals surface area contributed by atoms with Gasteiger partial charge in [0.25, 0.3) is 0 Å². The molecule has 2 aromatic rings. The number of aromatic nitrogens is 1. The Kier molecular flexibility index (Phi) is 4.27. The molecule has 0 bridgehead atoms. The summed E-state index contributed by atoms with van der Waals surface area (Å²) in [5, 5.41) is 4.61. The molecule has 0 aliphatic carbocycles. The van der Waals surface area contributed by atoms with Crippen LogP contribution in [0.5, 0.6) is 0 Å². The molecule has 2 rings (SSSR count). The zero-order valence-corrected chi connectivity index (χ0v) is 11.0. The molecule has 0 saturated heterocycles. The molecule has 1 aromatic carbocycles. The standard InChI is InChI=1S/C14H15N3O3/c1-20-13(18)7-12(15)14(19)17-11-3-2-10-8-16-5-4-9(10)6-11/h2-6,8,12H,7,15H2,1H3,(H,17,19). The van der Waals surface area contributed by atoms with Crippen LogP contribution in [-0.4, -0.2) is 30.0 Å². The number of esters is 1. The van der Waals surface area contributed by atoms with Crippen molar-refractivity contribution in [3.63, 3.8) is 0 Å². The minimum absolute atomic E-state index is 0.153. The molecule has 0 spiro atoms. The number of fused-ring (bicyclic) bond motifs is 1. The van der Waals surface area contributed by atoms with Crippen molar-refractivity contribution >= 4 is 28.3 Å². The van der Waals surface area contributed by atoms with Crippen LogP contribution in [0.2, 0.25) is 0 Å². The molecule has 0 aliphatic rings. The fourth-order valence-electron chi connectivity index (χ4n) is 1.75. The third-order valence-corrected chi connectivity index (χ3v) is 2.86. The van der Waals surface area contributed by atoms with E-state index < -0.39 is 17.9 Å². The van der Waals surface area contributed by atoms with E-state index in [0.29, 0.717) is 5.69 Å². The molecule has 1 heterocycles. The third-order valence-electron chi connectivity index (χ3n) is 2.86. The van der Waals surface area contributed by atoms with Crippen molar-refractivity contribution in [2.75, 3.05) is 12.4 Å². The predicted octanol–water partition coefficient (Wildman–Crippen LogP) is 1.06. The first-order valence-corrected chi connectivity index (χ1v) is 6.07. The van der Waals surface area contributed by atoms with Crippen LogP contribution in [0.15, 0.2) is 36.7 Å². The van der Waals surface area contributed by atoms with Gasteiger partial charge >= 0.3 is 5.97 Å². The molecule has 0 saturated carbocycles. The van der Waals surface area contributed by atoms with Crippen molar-refractivity contribution in [3.8, 4) is 0 Å². The van der Waals surface area contributed by atoms with Gasteiger partial charge in [-0.1, -0.05) is 6.07 Å². The number of hydrogen-bond donors (Lipinski definition) is 2. The Balaban J connectivity index is 2.07. The Hall–Kier alpha value is -2.47. The number of amides is 1. The summed E-state index contributed by atoms with van der Waals surface area (Å²) in [6, 6.07) is 6.34. The quantitative estimate of drug-likeness (QED) is 0.812. The van der Waals surface area contributed by atoms with Crippen LogP contribution in [0.25, 0.3) is 10.8 Å². The number of nitrogens with zero attached hydrogens (tertiary/aromatic N) is 1. The summed E-state index contributed by atoms with van der Waals surface area (Å²) in [4.78, 5) is 26.9. The van der Waals surface area contributed by atoms with Crippen molar-refractivity contribution in [3.05, 3.63) is 36.7 Å². The van der Waals surface area contributed by atoms with Crippen LogP contribution in [-0.2, 0) is 14.3 Å². The second-order valence-corrected chi connectivity index (χ2v) is 4.31. The van der Waals surface area contributed by atoms with Gasteiger partial charge in [0.2, 0.25) is 5.91 Å². The van der Waals surface area contributed by atoms with E-state index in [4.69, 9.17) is 5.73 Å². The second-order valence-electron chi connectivity index (χ2n) is 4.31. The number of benzene rings is 1. The maximum Gasteiger partial charge on any atom is 0.307 e. The van der Waals surface area contributed by atoms with Gasteiger partial charge in [-0.3, -0.25) is 14.6 Å². The first-order chi connectivity index (χ1) is 9.60. The number of methoxy groups -OCH3 is 1. The Bertz CT molecular complexity index is 642. The van der Waals surface area contributed by atoms with Crippen LogP contribution < -0.4 is 11.1 Å². The maximum absolute atomic E-state index is 11.8. The van der Waals surface area contributed by atoms with Gasteiger partial charge in [-0.25, -0.2) is 0 Å². The summed E-state index contributed by atoms with van der Waals surface area (Å²) in [6.07, 6.45) is 3.26. The minimum Gasteiger partial charge on any atom is -0.469 e. The summed E-state index contributed by atoms with van der Waals surface area (Å²) in [5.41, 5.74) is 6.25.